The van der Waals surface area contributed by atoms with Crippen molar-refractivity contribution in [3.8, 4) is 0 Å². The lowest BCUT2D eigenvalue weighted by atomic mass is 9.97. The minimum absolute atomic E-state index is 0.131. The first-order valence-corrected chi connectivity index (χ1v) is 9.14. The Morgan fingerprint density at radius 3 is 2.72 bits per heavy atom. The molecule has 1 aromatic rings. The number of ether oxygens (including phenoxy) is 1. The monoisotopic (exact) mass is 414 g/mol. The van der Waals surface area contributed by atoms with Crippen molar-refractivity contribution in [1.82, 2.24) is 10.2 Å². The minimum Gasteiger partial charge on any atom is -0.444 e. The molecule has 2 rings (SSSR count). The van der Waals surface area contributed by atoms with E-state index >= 15 is 0 Å². The molecule has 25 heavy (non-hydrogen) atoms. The van der Waals surface area contributed by atoms with E-state index in [4.69, 9.17) is 4.74 Å². The van der Waals surface area contributed by atoms with E-state index in [0.717, 1.165) is 12.8 Å². The molecular formula is C18H24BrFN2O3. The highest BCUT2D eigenvalue weighted by Crippen LogP contribution is 2.20. The standard InChI is InChI=1S/C18H24BrFN2O3/c1-18(2,3)25-17(24)22-6-4-5-13(11-22)16(23)21-10-12-7-14(19)9-15(20)8-12/h7-9,13H,4-6,10-11H2,1-3H3,(H,21,23). The minimum atomic E-state index is -0.558. The van der Waals surface area contributed by atoms with Gasteiger partial charge in [-0.1, -0.05) is 15.9 Å². The van der Waals surface area contributed by atoms with Gasteiger partial charge in [0, 0.05) is 24.1 Å². The largest absolute Gasteiger partial charge is 0.444 e. The van der Waals surface area contributed by atoms with Crippen molar-refractivity contribution >= 4 is 27.9 Å². The number of halogens is 2. The summed E-state index contributed by atoms with van der Waals surface area (Å²) in [4.78, 5) is 26.1. The highest BCUT2D eigenvalue weighted by molar-refractivity contribution is 9.10. The summed E-state index contributed by atoms with van der Waals surface area (Å²) in [5, 5.41) is 2.83. The van der Waals surface area contributed by atoms with Crippen molar-refractivity contribution < 1.29 is 18.7 Å². The fourth-order valence-corrected chi connectivity index (χ4v) is 3.24. The SMILES string of the molecule is CC(C)(C)OC(=O)N1CCCC(C(=O)NCc2cc(F)cc(Br)c2)C1. The highest BCUT2D eigenvalue weighted by Gasteiger charge is 2.30. The molecular weight excluding hydrogens is 391 g/mol. The molecule has 0 saturated carbocycles. The second kappa shape index (κ2) is 8.17. The van der Waals surface area contributed by atoms with Crippen LogP contribution in [0.1, 0.15) is 39.2 Å². The molecule has 0 bridgehead atoms. The molecule has 1 aromatic carbocycles. The number of nitrogens with zero attached hydrogens (tertiary/aromatic N) is 1. The summed E-state index contributed by atoms with van der Waals surface area (Å²) in [5.41, 5.74) is 0.122. The van der Waals surface area contributed by atoms with Crippen LogP contribution >= 0.6 is 15.9 Å². The van der Waals surface area contributed by atoms with Crippen molar-refractivity contribution in [2.75, 3.05) is 13.1 Å². The number of rotatable bonds is 3. The summed E-state index contributed by atoms with van der Waals surface area (Å²) in [7, 11) is 0. The number of piperidine rings is 1. The zero-order chi connectivity index (χ0) is 18.6. The molecule has 5 nitrogen and oxygen atoms in total. The van der Waals surface area contributed by atoms with Gasteiger partial charge in [-0.05, 0) is 57.4 Å². The number of nitrogens with one attached hydrogen (secondary N) is 1. The molecule has 1 atom stereocenters. The smallest absolute Gasteiger partial charge is 0.410 e. The first-order chi connectivity index (χ1) is 11.6. The van der Waals surface area contributed by atoms with Crippen LogP contribution in [-0.2, 0) is 16.1 Å². The van der Waals surface area contributed by atoms with E-state index in [1.54, 1.807) is 11.0 Å². The van der Waals surface area contributed by atoms with Gasteiger partial charge in [0.05, 0.1) is 5.92 Å². The van der Waals surface area contributed by atoms with Crippen molar-refractivity contribution in [2.24, 2.45) is 5.92 Å². The maximum atomic E-state index is 13.4. The van der Waals surface area contributed by atoms with Gasteiger partial charge in [-0.15, -0.1) is 0 Å². The fraction of sp³-hybridized carbons (Fsp3) is 0.556. The van der Waals surface area contributed by atoms with Gasteiger partial charge in [0.15, 0.2) is 0 Å². The lowest BCUT2D eigenvalue weighted by molar-refractivity contribution is -0.126. The average Bonchev–Trinajstić information content (AvgIpc) is 2.50. The van der Waals surface area contributed by atoms with E-state index in [1.807, 2.05) is 20.8 Å². The zero-order valence-corrected chi connectivity index (χ0v) is 16.4. The molecule has 138 valence electrons. The predicted molar refractivity (Wildman–Crippen MR) is 96.5 cm³/mol. The van der Waals surface area contributed by atoms with Crippen LogP contribution in [0.15, 0.2) is 22.7 Å². The Bertz CT molecular complexity index is 625. The Hall–Kier alpha value is -1.63. The topological polar surface area (TPSA) is 58.6 Å². The molecule has 1 unspecified atom stereocenters. The normalized spacial score (nSPS) is 18.0. The highest BCUT2D eigenvalue weighted by atomic mass is 79.9. The van der Waals surface area contributed by atoms with Crippen molar-refractivity contribution in [2.45, 2.75) is 45.8 Å². The van der Waals surface area contributed by atoms with Crippen LogP contribution in [0, 0.1) is 11.7 Å². The third-order valence-corrected chi connectivity index (χ3v) is 4.29. The predicted octanol–water partition coefficient (Wildman–Crippen LogP) is 3.85. The van der Waals surface area contributed by atoms with Crippen LogP contribution in [0.5, 0.6) is 0 Å². The van der Waals surface area contributed by atoms with Crippen LogP contribution in [0.25, 0.3) is 0 Å². The second-order valence-electron chi connectivity index (χ2n) is 7.26. The number of amides is 2. The van der Waals surface area contributed by atoms with Crippen LogP contribution in [0.2, 0.25) is 0 Å². The maximum absolute atomic E-state index is 13.4. The molecule has 1 aliphatic heterocycles. The van der Waals surface area contributed by atoms with E-state index in [1.165, 1.54) is 12.1 Å². The zero-order valence-electron chi connectivity index (χ0n) is 14.8. The molecule has 1 saturated heterocycles. The van der Waals surface area contributed by atoms with E-state index in [9.17, 15) is 14.0 Å². The molecule has 1 fully saturated rings. The Morgan fingerprint density at radius 1 is 1.36 bits per heavy atom. The molecule has 1 N–H and O–H groups in total. The maximum Gasteiger partial charge on any atom is 0.410 e. The number of hydrogen-bond acceptors (Lipinski definition) is 3. The first kappa shape index (κ1) is 19.7. The second-order valence-corrected chi connectivity index (χ2v) is 8.18. The Labute approximate surface area is 156 Å². The summed E-state index contributed by atoms with van der Waals surface area (Å²) < 4.78 is 19.4. The lowest BCUT2D eigenvalue weighted by Gasteiger charge is -2.33. The summed E-state index contributed by atoms with van der Waals surface area (Å²) in [5.74, 6) is -0.765. The third-order valence-electron chi connectivity index (χ3n) is 3.83. The van der Waals surface area contributed by atoms with Crippen LogP contribution in [-0.4, -0.2) is 35.6 Å². The van der Waals surface area contributed by atoms with Gasteiger partial charge in [0.25, 0.3) is 0 Å². The van der Waals surface area contributed by atoms with Gasteiger partial charge in [-0.25, -0.2) is 9.18 Å². The fourth-order valence-electron chi connectivity index (χ4n) is 2.73. The molecule has 1 aliphatic rings. The lowest BCUT2D eigenvalue weighted by Crippen LogP contribution is -2.46. The number of likely N-dealkylation sites (tertiary alicyclic amines) is 1. The molecule has 0 aromatic heterocycles. The van der Waals surface area contributed by atoms with E-state index in [2.05, 4.69) is 21.2 Å². The van der Waals surface area contributed by atoms with E-state index < -0.39 is 5.60 Å². The molecule has 0 spiro atoms. The van der Waals surface area contributed by atoms with Gasteiger partial charge in [0.1, 0.15) is 11.4 Å². The number of carbonyl (C=O) groups excluding carboxylic acids is 2. The van der Waals surface area contributed by atoms with Crippen LogP contribution in [0.3, 0.4) is 0 Å². The molecule has 2 amide bonds. The number of hydrogen-bond donors (Lipinski definition) is 1. The Morgan fingerprint density at radius 2 is 2.08 bits per heavy atom. The summed E-state index contributed by atoms with van der Waals surface area (Å²) >= 11 is 3.23. The van der Waals surface area contributed by atoms with Gasteiger partial charge >= 0.3 is 6.09 Å². The molecule has 0 aliphatic carbocycles. The van der Waals surface area contributed by atoms with Crippen molar-refractivity contribution in [1.29, 1.82) is 0 Å². The van der Waals surface area contributed by atoms with E-state index in [0.29, 0.717) is 23.1 Å². The Kier molecular flexibility index (Phi) is 6.43. The molecule has 1 heterocycles. The number of benzene rings is 1. The quantitative estimate of drug-likeness (QED) is 0.816. The summed E-state index contributed by atoms with van der Waals surface area (Å²) in [6.45, 7) is 6.63. The van der Waals surface area contributed by atoms with Gasteiger partial charge in [-0.2, -0.15) is 0 Å². The van der Waals surface area contributed by atoms with Gasteiger partial charge < -0.3 is 15.0 Å². The Balaban J connectivity index is 1.89. The first-order valence-electron chi connectivity index (χ1n) is 8.34. The summed E-state index contributed by atoms with van der Waals surface area (Å²) in [6, 6.07) is 4.52. The average molecular weight is 415 g/mol. The van der Waals surface area contributed by atoms with Gasteiger partial charge in [-0.3, -0.25) is 4.79 Å². The van der Waals surface area contributed by atoms with E-state index in [-0.39, 0.29) is 30.3 Å². The summed E-state index contributed by atoms with van der Waals surface area (Å²) in [6.07, 6.45) is 1.08. The molecule has 0 radical (unpaired) electrons. The third kappa shape index (κ3) is 6.30. The van der Waals surface area contributed by atoms with Crippen molar-refractivity contribution in [3.05, 3.63) is 34.1 Å². The molecule has 7 heteroatoms. The van der Waals surface area contributed by atoms with Gasteiger partial charge in [0.2, 0.25) is 5.91 Å². The van der Waals surface area contributed by atoms with Crippen LogP contribution in [0.4, 0.5) is 9.18 Å². The van der Waals surface area contributed by atoms with Crippen LogP contribution < -0.4 is 5.32 Å². The number of carbonyl (C=O) groups is 2. The van der Waals surface area contributed by atoms with Crippen molar-refractivity contribution in [3.63, 3.8) is 0 Å².